The van der Waals surface area contributed by atoms with Crippen LogP contribution in [0, 0.1) is 0 Å². The molecular weight excluding hydrogens is 585 g/mol. The second-order valence-corrected chi connectivity index (χ2v) is 15.7. The van der Waals surface area contributed by atoms with Gasteiger partial charge < -0.3 is 10.6 Å². The number of carbonyl (C=O) groups excluding carboxylic acids is 1. The highest BCUT2D eigenvalue weighted by molar-refractivity contribution is 7.92. The first-order valence-electron chi connectivity index (χ1n) is 13.6. The summed E-state index contributed by atoms with van der Waals surface area (Å²) < 4.78 is 28.8. The Morgan fingerprint density at radius 1 is 0.929 bits per heavy atom. The third kappa shape index (κ3) is 5.13. The Labute approximate surface area is 254 Å². The van der Waals surface area contributed by atoms with Gasteiger partial charge in [-0.1, -0.05) is 30.3 Å². The largest absolute Gasteiger partial charge is 0.313 e. The van der Waals surface area contributed by atoms with Gasteiger partial charge in [-0.3, -0.25) is 9.10 Å². The normalized spacial score (nSPS) is 15.7. The number of para-hydroxylation sites is 2. The van der Waals surface area contributed by atoms with Crippen LogP contribution in [0.1, 0.15) is 48.5 Å². The minimum absolute atomic E-state index is 0.113. The van der Waals surface area contributed by atoms with Crippen molar-refractivity contribution in [3.05, 3.63) is 94.9 Å². The van der Waals surface area contributed by atoms with Crippen LogP contribution in [-0.2, 0) is 22.0 Å². The maximum Gasteiger partial charge on any atom is 0.264 e. The van der Waals surface area contributed by atoms with E-state index < -0.39 is 10.0 Å². The molecule has 0 aliphatic carbocycles. The van der Waals surface area contributed by atoms with E-state index in [4.69, 9.17) is 4.98 Å². The van der Waals surface area contributed by atoms with E-state index in [0.717, 1.165) is 32.2 Å². The Morgan fingerprint density at radius 2 is 1.60 bits per heavy atom. The van der Waals surface area contributed by atoms with Crippen LogP contribution in [0.4, 0.5) is 10.7 Å². The smallest absolute Gasteiger partial charge is 0.264 e. The Kier molecular flexibility index (Phi) is 7.00. The minimum atomic E-state index is -3.79. The second-order valence-electron chi connectivity index (χ2n) is 11.7. The number of amides is 1. The first-order valence-corrected chi connectivity index (χ1v) is 16.7. The molecule has 0 unspecified atom stereocenters. The average molecular weight is 617 g/mol. The maximum atomic E-state index is 13.6. The zero-order valence-corrected chi connectivity index (χ0v) is 26.5. The number of carbonyl (C=O) groups is 1. The third-order valence-corrected chi connectivity index (χ3v) is 11.8. The summed E-state index contributed by atoms with van der Waals surface area (Å²) in [6, 6.07) is 23.0. The molecule has 0 saturated carbocycles. The van der Waals surface area contributed by atoms with Gasteiger partial charge in [-0.2, -0.15) is 0 Å². The lowest BCUT2D eigenvalue weighted by Crippen LogP contribution is -2.54. The van der Waals surface area contributed by atoms with Crippen molar-refractivity contribution in [3.63, 3.8) is 0 Å². The number of sulfonamides is 1. The molecule has 0 saturated heterocycles. The lowest BCUT2D eigenvalue weighted by Gasteiger charge is -2.42. The summed E-state index contributed by atoms with van der Waals surface area (Å²) in [5, 5.41) is 8.54. The molecule has 2 N–H and O–H groups in total. The Hall–Kier alpha value is -3.57. The number of hydrogen-bond donors (Lipinski definition) is 2. The van der Waals surface area contributed by atoms with Crippen molar-refractivity contribution in [2.45, 2.75) is 50.1 Å². The molecule has 2 aromatic heterocycles. The molecular formula is C32H32N4O3S3. The Morgan fingerprint density at radius 3 is 2.29 bits per heavy atom. The standard InChI is InChI=1S/C32H32N4O3S3/c1-31(2)19-23-26(29-33-24-13-9-10-14-25(24)40-29)30(41-27(23)32(3,4)35-31)34-28(37)20-15-17-22(18-16-20)42(38,39)36(5)21-11-7-6-8-12-21/h6-18,35H,19H2,1-5H3,(H,34,37). The van der Waals surface area contributed by atoms with Crippen LogP contribution in [0.15, 0.2) is 83.8 Å². The van der Waals surface area contributed by atoms with Crippen molar-refractivity contribution in [2.75, 3.05) is 16.7 Å². The Bertz CT molecular complexity index is 1870. The van der Waals surface area contributed by atoms with E-state index in [1.54, 1.807) is 59.1 Å². The summed E-state index contributed by atoms with van der Waals surface area (Å²) in [6.45, 7) is 8.73. The van der Waals surface area contributed by atoms with Gasteiger partial charge in [-0.15, -0.1) is 22.7 Å². The van der Waals surface area contributed by atoms with Gasteiger partial charge in [-0.25, -0.2) is 13.4 Å². The van der Waals surface area contributed by atoms with E-state index in [2.05, 4.69) is 44.4 Å². The van der Waals surface area contributed by atoms with Crippen LogP contribution in [-0.4, -0.2) is 31.9 Å². The molecule has 5 aromatic rings. The number of nitrogens with zero attached hydrogens (tertiary/aromatic N) is 2. The molecule has 0 atom stereocenters. The van der Waals surface area contributed by atoms with Crippen molar-refractivity contribution in [2.24, 2.45) is 0 Å². The predicted octanol–water partition coefficient (Wildman–Crippen LogP) is 7.26. The van der Waals surface area contributed by atoms with Gasteiger partial charge in [0.25, 0.3) is 15.9 Å². The van der Waals surface area contributed by atoms with Crippen LogP contribution in [0.25, 0.3) is 20.8 Å². The quantitative estimate of drug-likeness (QED) is 0.210. The first kappa shape index (κ1) is 28.5. The van der Waals surface area contributed by atoms with Gasteiger partial charge in [0.1, 0.15) is 10.0 Å². The monoisotopic (exact) mass is 616 g/mol. The molecule has 0 fully saturated rings. The highest BCUT2D eigenvalue weighted by atomic mass is 32.2. The number of benzene rings is 3. The number of nitrogens with one attached hydrogen (secondary N) is 2. The lowest BCUT2D eigenvalue weighted by atomic mass is 9.81. The van der Waals surface area contributed by atoms with E-state index in [9.17, 15) is 13.2 Å². The minimum Gasteiger partial charge on any atom is -0.313 e. The third-order valence-electron chi connectivity index (χ3n) is 7.47. The summed E-state index contributed by atoms with van der Waals surface area (Å²) in [7, 11) is -2.27. The number of fused-ring (bicyclic) bond motifs is 2. The summed E-state index contributed by atoms with van der Waals surface area (Å²) in [5.74, 6) is -0.304. The molecule has 10 heteroatoms. The summed E-state index contributed by atoms with van der Waals surface area (Å²) >= 11 is 3.20. The summed E-state index contributed by atoms with van der Waals surface area (Å²) in [6.07, 6.45) is 0.797. The number of rotatable bonds is 6. The molecule has 0 spiro atoms. The zero-order valence-electron chi connectivity index (χ0n) is 24.1. The molecule has 3 aromatic carbocycles. The van der Waals surface area contributed by atoms with Crippen molar-refractivity contribution in [1.82, 2.24) is 10.3 Å². The molecule has 7 nitrogen and oxygen atoms in total. The molecule has 6 rings (SSSR count). The fourth-order valence-corrected chi connectivity index (χ4v) is 9.29. The summed E-state index contributed by atoms with van der Waals surface area (Å²) in [5.41, 5.74) is 3.60. The van der Waals surface area contributed by atoms with Crippen LogP contribution in [0.3, 0.4) is 0 Å². The SMILES string of the molecule is CN(c1ccccc1)S(=O)(=O)c1ccc(C(=O)Nc2sc3c(c2-c2nc4ccccc4s2)CC(C)(C)NC3(C)C)cc1. The van der Waals surface area contributed by atoms with Gasteiger partial charge in [-0.05, 0) is 88.2 Å². The van der Waals surface area contributed by atoms with Crippen molar-refractivity contribution in [1.29, 1.82) is 0 Å². The van der Waals surface area contributed by atoms with Crippen LogP contribution < -0.4 is 14.9 Å². The molecule has 1 aliphatic rings. The molecule has 3 heterocycles. The van der Waals surface area contributed by atoms with Crippen molar-refractivity contribution in [3.8, 4) is 10.6 Å². The van der Waals surface area contributed by atoms with Gasteiger partial charge in [0.15, 0.2) is 0 Å². The molecule has 216 valence electrons. The van der Waals surface area contributed by atoms with Gasteiger partial charge in [0.2, 0.25) is 0 Å². The number of thiophene rings is 1. The van der Waals surface area contributed by atoms with E-state index in [1.165, 1.54) is 33.9 Å². The van der Waals surface area contributed by atoms with E-state index in [-0.39, 0.29) is 21.9 Å². The van der Waals surface area contributed by atoms with Gasteiger partial charge in [0, 0.05) is 34.1 Å². The lowest BCUT2D eigenvalue weighted by molar-refractivity contribution is 0.102. The van der Waals surface area contributed by atoms with E-state index >= 15 is 0 Å². The van der Waals surface area contributed by atoms with E-state index in [1.807, 2.05) is 24.3 Å². The molecule has 0 bridgehead atoms. The fraction of sp³-hybridized carbons (Fsp3) is 0.250. The maximum absolute atomic E-state index is 13.6. The Balaban J connectivity index is 1.35. The van der Waals surface area contributed by atoms with Crippen molar-refractivity contribution < 1.29 is 13.2 Å². The topological polar surface area (TPSA) is 91.4 Å². The second kappa shape index (κ2) is 10.3. The van der Waals surface area contributed by atoms with Crippen LogP contribution in [0.2, 0.25) is 0 Å². The highest BCUT2D eigenvalue weighted by Gasteiger charge is 2.41. The molecule has 1 amide bonds. The number of thiazole rings is 1. The highest BCUT2D eigenvalue weighted by Crippen LogP contribution is 2.50. The van der Waals surface area contributed by atoms with Crippen molar-refractivity contribution >= 4 is 59.5 Å². The molecule has 1 aliphatic heterocycles. The zero-order chi connectivity index (χ0) is 29.9. The van der Waals surface area contributed by atoms with Crippen LogP contribution in [0.5, 0.6) is 0 Å². The summed E-state index contributed by atoms with van der Waals surface area (Å²) in [4.78, 5) is 19.8. The van der Waals surface area contributed by atoms with Crippen LogP contribution >= 0.6 is 22.7 Å². The van der Waals surface area contributed by atoms with E-state index in [0.29, 0.717) is 11.3 Å². The van der Waals surface area contributed by atoms with Gasteiger partial charge >= 0.3 is 0 Å². The molecule has 0 radical (unpaired) electrons. The predicted molar refractivity (Wildman–Crippen MR) is 173 cm³/mol. The number of aromatic nitrogens is 1. The number of anilines is 2. The molecule has 42 heavy (non-hydrogen) atoms. The van der Waals surface area contributed by atoms with Gasteiger partial charge in [0.05, 0.1) is 20.8 Å². The number of hydrogen-bond acceptors (Lipinski definition) is 7. The average Bonchev–Trinajstić information content (AvgIpc) is 3.53. The first-order chi connectivity index (χ1) is 19.9. The fourth-order valence-electron chi connectivity index (χ4n) is 5.71.